The molecule has 9 nitrogen and oxygen atoms in total. The lowest BCUT2D eigenvalue weighted by Crippen LogP contribution is -2.37. The van der Waals surface area contributed by atoms with Crippen LogP contribution in [0.15, 0.2) is 46.5 Å². The second kappa shape index (κ2) is 7.89. The topological polar surface area (TPSA) is 115 Å². The highest BCUT2D eigenvalue weighted by Crippen LogP contribution is 2.33. The average molecular weight is 468 g/mol. The Labute approximate surface area is 179 Å². The number of carbonyl (C=O) groups excluding carboxylic acids is 1. The number of oxazole rings is 1. The Morgan fingerprint density at radius 3 is 2.53 bits per heavy atom. The lowest BCUT2D eigenvalue weighted by Gasteiger charge is -2.28. The van der Waals surface area contributed by atoms with Gasteiger partial charge in [-0.2, -0.15) is 18.2 Å². The van der Waals surface area contributed by atoms with E-state index in [-0.39, 0.29) is 30.4 Å². The molecule has 0 radical (unpaired) electrons. The summed E-state index contributed by atoms with van der Waals surface area (Å²) in [6.07, 6.45) is -1.01. The number of nitrogens with zero attached hydrogens (tertiary/aromatic N) is 4. The molecule has 0 saturated carbocycles. The van der Waals surface area contributed by atoms with Crippen LogP contribution in [-0.2, 0) is 29.0 Å². The SMILES string of the molecule is CS(=O)(=O)c1nc(C(=O)N2CCc3c(ncnc3Oc3ccc(C(F)(F)F)cc3)C2)co1. The predicted octanol–water partition coefficient (Wildman–Crippen LogP) is 2.88. The third-order valence-corrected chi connectivity index (χ3v) is 5.49. The monoisotopic (exact) mass is 468 g/mol. The minimum atomic E-state index is -4.45. The molecule has 3 aromatic rings. The van der Waals surface area contributed by atoms with Gasteiger partial charge in [-0.1, -0.05) is 0 Å². The largest absolute Gasteiger partial charge is 0.439 e. The van der Waals surface area contributed by atoms with E-state index < -0.39 is 32.7 Å². The number of halogens is 3. The van der Waals surface area contributed by atoms with E-state index in [1.807, 2.05) is 0 Å². The number of aromatic nitrogens is 3. The van der Waals surface area contributed by atoms with E-state index >= 15 is 0 Å². The van der Waals surface area contributed by atoms with Crippen molar-refractivity contribution in [2.75, 3.05) is 12.8 Å². The molecule has 0 bridgehead atoms. The molecule has 32 heavy (non-hydrogen) atoms. The maximum atomic E-state index is 12.7. The molecule has 0 unspecified atom stereocenters. The molecular formula is C19H15F3N4O5S. The third-order valence-electron chi connectivity index (χ3n) is 4.67. The summed E-state index contributed by atoms with van der Waals surface area (Å²) >= 11 is 0. The van der Waals surface area contributed by atoms with Crippen LogP contribution >= 0.6 is 0 Å². The second-order valence-electron chi connectivity index (χ2n) is 6.98. The van der Waals surface area contributed by atoms with Crippen LogP contribution in [0.3, 0.4) is 0 Å². The number of amides is 1. The summed E-state index contributed by atoms with van der Waals surface area (Å²) in [4.78, 5) is 26.1. The van der Waals surface area contributed by atoms with Crippen molar-refractivity contribution in [2.45, 2.75) is 24.4 Å². The van der Waals surface area contributed by atoms with Crippen molar-refractivity contribution in [3.8, 4) is 11.6 Å². The predicted molar refractivity (Wildman–Crippen MR) is 102 cm³/mol. The van der Waals surface area contributed by atoms with Gasteiger partial charge in [0.25, 0.3) is 5.91 Å². The quantitative estimate of drug-likeness (QED) is 0.574. The number of hydrogen-bond acceptors (Lipinski definition) is 8. The standard InChI is InChI=1S/C19H15F3N4O5S/c1-32(28,29)18-25-15(9-30-18)17(27)26-7-6-13-14(8-26)23-10-24-16(13)31-12-4-2-11(3-5-12)19(20,21)22/h2-5,9-10H,6-8H2,1H3. The Kier molecular flexibility index (Phi) is 5.36. The van der Waals surface area contributed by atoms with Gasteiger partial charge in [0, 0.05) is 18.4 Å². The lowest BCUT2D eigenvalue weighted by molar-refractivity contribution is -0.137. The van der Waals surface area contributed by atoms with Crippen LogP contribution in [0.2, 0.25) is 0 Å². The molecule has 0 fully saturated rings. The zero-order valence-corrected chi connectivity index (χ0v) is 17.3. The molecule has 1 aromatic carbocycles. The fourth-order valence-corrected chi connectivity index (χ4v) is 3.58. The van der Waals surface area contributed by atoms with Gasteiger partial charge in [0.1, 0.15) is 18.3 Å². The summed E-state index contributed by atoms with van der Waals surface area (Å²) < 4.78 is 71.7. The van der Waals surface area contributed by atoms with Gasteiger partial charge in [-0.15, -0.1) is 0 Å². The van der Waals surface area contributed by atoms with Gasteiger partial charge in [0.05, 0.1) is 17.8 Å². The van der Waals surface area contributed by atoms with Crippen molar-refractivity contribution < 1.29 is 35.5 Å². The Morgan fingerprint density at radius 2 is 1.91 bits per heavy atom. The summed E-state index contributed by atoms with van der Waals surface area (Å²) in [5, 5.41) is -0.548. The van der Waals surface area contributed by atoms with Crippen LogP contribution in [0, 0.1) is 0 Å². The van der Waals surface area contributed by atoms with Gasteiger partial charge in [0.15, 0.2) is 5.69 Å². The molecule has 1 aliphatic heterocycles. The van der Waals surface area contributed by atoms with E-state index in [0.717, 1.165) is 24.7 Å². The highest BCUT2D eigenvalue weighted by molar-refractivity contribution is 7.90. The van der Waals surface area contributed by atoms with E-state index in [9.17, 15) is 26.4 Å². The summed E-state index contributed by atoms with van der Waals surface area (Å²) in [6, 6.07) is 4.21. The van der Waals surface area contributed by atoms with E-state index in [1.165, 1.54) is 23.4 Å². The Hall–Kier alpha value is -3.48. The Balaban J connectivity index is 1.51. The first kappa shape index (κ1) is 21.7. The maximum absolute atomic E-state index is 12.7. The Morgan fingerprint density at radius 1 is 1.19 bits per heavy atom. The number of ether oxygens (including phenoxy) is 1. The molecule has 0 saturated heterocycles. The number of carbonyl (C=O) groups is 1. The van der Waals surface area contributed by atoms with Crippen LogP contribution in [0.1, 0.15) is 27.3 Å². The second-order valence-corrected chi connectivity index (χ2v) is 8.87. The number of hydrogen-bond donors (Lipinski definition) is 0. The van der Waals surface area contributed by atoms with Gasteiger partial charge < -0.3 is 14.1 Å². The van der Waals surface area contributed by atoms with Gasteiger partial charge in [-0.05, 0) is 30.7 Å². The van der Waals surface area contributed by atoms with Crippen LogP contribution < -0.4 is 4.74 Å². The van der Waals surface area contributed by atoms with Gasteiger partial charge in [-0.25, -0.2) is 18.4 Å². The molecule has 4 rings (SSSR count). The molecule has 0 aliphatic carbocycles. The molecular weight excluding hydrogens is 453 g/mol. The molecule has 0 spiro atoms. The van der Waals surface area contributed by atoms with E-state index in [0.29, 0.717) is 17.7 Å². The minimum Gasteiger partial charge on any atom is -0.439 e. The highest BCUT2D eigenvalue weighted by Gasteiger charge is 2.31. The van der Waals surface area contributed by atoms with Gasteiger partial charge in [-0.3, -0.25) is 4.79 Å². The smallest absolute Gasteiger partial charge is 0.416 e. The van der Waals surface area contributed by atoms with E-state index in [1.54, 1.807) is 0 Å². The summed E-state index contributed by atoms with van der Waals surface area (Å²) in [7, 11) is -3.69. The zero-order chi connectivity index (χ0) is 23.1. The fourth-order valence-electron chi connectivity index (χ4n) is 3.10. The Bertz CT molecular complexity index is 1270. The van der Waals surface area contributed by atoms with Crippen molar-refractivity contribution in [3.05, 3.63) is 59.4 Å². The van der Waals surface area contributed by atoms with Crippen LogP contribution in [0.25, 0.3) is 0 Å². The number of sulfone groups is 1. The summed E-state index contributed by atoms with van der Waals surface area (Å²) in [5.74, 6) is -0.172. The van der Waals surface area contributed by atoms with E-state index in [4.69, 9.17) is 9.15 Å². The number of alkyl halides is 3. The lowest BCUT2D eigenvalue weighted by atomic mass is 10.1. The van der Waals surface area contributed by atoms with Gasteiger partial charge >= 0.3 is 11.4 Å². The number of rotatable bonds is 4. The van der Waals surface area contributed by atoms with Gasteiger partial charge in [0.2, 0.25) is 15.7 Å². The summed E-state index contributed by atoms with van der Waals surface area (Å²) in [6.45, 7) is 0.324. The summed E-state index contributed by atoms with van der Waals surface area (Å²) in [5.41, 5.74) is 0.168. The first-order valence-corrected chi connectivity index (χ1v) is 11.0. The first-order valence-electron chi connectivity index (χ1n) is 9.15. The van der Waals surface area contributed by atoms with Crippen molar-refractivity contribution in [2.24, 2.45) is 0 Å². The van der Waals surface area contributed by atoms with Crippen LogP contribution in [0.5, 0.6) is 11.6 Å². The minimum absolute atomic E-state index is 0.0845. The van der Waals surface area contributed by atoms with E-state index in [2.05, 4.69) is 15.0 Å². The van der Waals surface area contributed by atoms with Crippen molar-refractivity contribution in [1.82, 2.24) is 19.9 Å². The number of fused-ring (bicyclic) bond motifs is 1. The molecule has 2 aromatic heterocycles. The molecule has 1 amide bonds. The third kappa shape index (κ3) is 4.42. The molecule has 0 atom stereocenters. The first-order chi connectivity index (χ1) is 15.0. The molecule has 3 heterocycles. The fraction of sp³-hybridized carbons (Fsp3) is 0.263. The normalized spacial score (nSPS) is 14.2. The van der Waals surface area contributed by atoms with Crippen molar-refractivity contribution >= 4 is 15.7 Å². The molecule has 13 heteroatoms. The number of benzene rings is 1. The van der Waals surface area contributed by atoms with Crippen molar-refractivity contribution in [3.63, 3.8) is 0 Å². The van der Waals surface area contributed by atoms with Crippen LogP contribution in [-0.4, -0.2) is 47.0 Å². The van der Waals surface area contributed by atoms with Crippen molar-refractivity contribution in [1.29, 1.82) is 0 Å². The molecule has 168 valence electrons. The highest BCUT2D eigenvalue weighted by atomic mass is 32.2. The molecule has 0 N–H and O–H groups in total. The van der Waals surface area contributed by atoms with Crippen LogP contribution in [0.4, 0.5) is 13.2 Å². The zero-order valence-electron chi connectivity index (χ0n) is 16.5. The molecule has 1 aliphatic rings. The average Bonchev–Trinajstić information content (AvgIpc) is 3.24. The maximum Gasteiger partial charge on any atom is 0.416 e.